The van der Waals surface area contributed by atoms with Crippen molar-refractivity contribution >= 4 is 24.2 Å². The molecule has 0 fully saturated rings. The summed E-state index contributed by atoms with van der Waals surface area (Å²) >= 11 is 0. The number of carbonyl (C=O) groups excluding carboxylic acids is 2. The standard InChI is InChI=1S/C14H22O10/c1-3-5-7-21-11(15)9(23-13(17)18)10(24-14(19)20)12(16)22-8-6-4-2/h9-10H,3-8H2,1-2H3,(H,17,18)(H,19,20). The van der Waals surface area contributed by atoms with E-state index in [1.807, 2.05) is 13.8 Å². The molecule has 0 spiro atoms. The van der Waals surface area contributed by atoms with Gasteiger partial charge in [0.15, 0.2) is 0 Å². The topological polar surface area (TPSA) is 146 Å². The third-order valence-electron chi connectivity index (χ3n) is 2.68. The second kappa shape index (κ2) is 12.0. The fraction of sp³-hybridized carbons (Fsp3) is 0.714. The van der Waals surface area contributed by atoms with Gasteiger partial charge in [0.05, 0.1) is 13.2 Å². The van der Waals surface area contributed by atoms with E-state index < -0.39 is 36.5 Å². The Kier molecular flexibility index (Phi) is 10.7. The number of esters is 2. The van der Waals surface area contributed by atoms with E-state index in [1.54, 1.807) is 0 Å². The zero-order valence-electron chi connectivity index (χ0n) is 13.6. The van der Waals surface area contributed by atoms with Crippen molar-refractivity contribution in [2.24, 2.45) is 0 Å². The zero-order chi connectivity index (χ0) is 18.5. The molecule has 0 aromatic carbocycles. The molecule has 2 unspecified atom stereocenters. The van der Waals surface area contributed by atoms with E-state index in [9.17, 15) is 19.2 Å². The Labute approximate surface area is 138 Å². The van der Waals surface area contributed by atoms with Crippen molar-refractivity contribution < 1.29 is 48.3 Å². The lowest BCUT2D eigenvalue weighted by Gasteiger charge is -2.22. The average Bonchev–Trinajstić information content (AvgIpc) is 2.50. The quantitative estimate of drug-likeness (QED) is 0.321. The maximum atomic E-state index is 11.9. The second-order valence-electron chi connectivity index (χ2n) is 4.65. The Bertz CT molecular complexity index is 393. The van der Waals surface area contributed by atoms with Gasteiger partial charge in [0, 0.05) is 0 Å². The van der Waals surface area contributed by atoms with Gasteiger partial charge >= 0.3 is 24.2 Å². The highest BCUT2D eigenvalue weighted by molar-refractivity contribution is 5.88. The van der Waals surface area contributed by atoms with Crippen molar-refractivity contribution in [1.82, 2.24) is 0 Å². The molecule has 0 aliphatic rings. The second-order valence-corrected chi connectivity index (χ2v) is 4.65. The van der Waals surface area contributed by atoms with Crippen LogP contribution in [0.2, 0.25) is 0 Å². The molecule has 24 heavy (non-hydrogen) atoms. The Morgan fingerprint density at radius 3 is 1.33 bits per heavy atom. The molecule has 10 heteroatoms. The van der Waals surface area contributed by atoms with Crippen LogP contribution in [0.25, 0.3) is 0 Å². The Morgan fingerprint density at radius 1 is 0.750 bits per heavy atom. The van der Waals surface area contributed by atoms with Crippen molar-refractivity contribution in [3.8, 4) is 0 Å². The molecule has 2 N–H and O–H groups in total. The average molecular weight is 350 g/mol. The minimum atomic E-state index is -2.11. The van der Waals surface area contributed by atoms with Gasteiger partial charge in [-0.05, 0) is 12.8 Å². The summed E-state index contributed by atoms with van der Waals surface area (Å²) in [6, 6.07) is 0. The molecule has 0 aliphatic carbocycles. The van der Waals surface area contributed by atoms with Crippen molar-refractivity contribution in [2.75, 3.05) is 13.2 Å². The summed E-state index contributed by atoms with van der Waals surface area (Å²) in [5.41, 5.74) is 0. The van der Waals surface area contributed by atoms with Crippen molar-refractivity contribution in [1.29, 1.82) is 0 Å². The maximum absolute atomic E-state index is 11.9. The summed E-state index contributed by atoms with van der Waals surface area (Å²) in [6.07, 6.45) is -5.61. The number of carboxylic acid groups (broad SMARTS) is 2. The summed E-state index contributed by atoms with van der Waals surface area (Å²) < 4.78 is 18.1. The zero-order valence-corrected chi connectivity index (χ0v) is 13.6. The van der Waals surface area contributed by atoms with Gasteiger partial charge in [0.25, 0.3) is 0 Å². The Balaban J connectivity index is 5.16. The van der Waals surface area contributed by atoms with Crippen LogP contribution >= 0.6 is 0 Å². The van der Waals surface area contributed by atoms with Crippen molar-refractivity contribution in [3.05, 3.63) is 0 Å². The number of rotatable bonds is 11. The predicted octanol–water partition coefficient (Wildman–Crippen LogP) is 1.80. The smallest absolute Gasteiger partial charge is 0.463 e. The van der Waals surface area contributed by atoms with Gasteiger partial charge in [-0.15, -0.1) is 0 Å². The van der Waals surface area contributed by atoms with Crippen LogP contribution in [0.3, 0.4) is 0 Å². The van der Waals surface area contributed by atoms with E-state index in [2.05, 4.69) is 9.47 Å². The molecule has 0 bridgehead atoms. The molecule has 0 amide bonds. The largest absolute Gasteiger partial charge is 0.506 e. The van der Waals surface area contributed by atoms with Crippen LogP contribution in [0.5, 0.6) is 0 Å². The lowest BCUT2D eigenvalue weighted by atomic mass is 10.2. The number of carbonyl (C=O) groups is 4. The molecule has 0 aliphatic heterocycles. The fourth-order valence-corrected chi connectivity index (χ4v) is 1.48. The molecule has 0 radical (unpaired) electrons. The van der Waals surface area contributed by atoms with Gasteiger partial charge < -0.3 is 29.2 Å². The summed E-state index contributed by atoms with van der Waals surface area (Å²) in [6.45, 7) is 3.58. The summed E-state index contributed by atoms with van der Waals surface area (Å²) in [5.74, 6) is -2.46. The van der Waals surface area contributed by atoms with Crippen LogP contribution in [0.1, 0.15) is 39.5 Å². The first-order chi connectivity index (χ1) is 11.3. The third-order valence-corrected chi connectivity index (χ3v) is 2.68. The highest BCUT2D eigenvalue weighted by Crippen LogP contribution is 2.11. The molecule has 0 heterocycles. The van der Waals surface area contributed by atoms with Gasteiger partial charge in [-0.1, -0.05) is 26.7 Å². The van der Waals surface area contributed by atoms with E-state index in [4.69, 9.17) is 19.7 Å². The molecule has 0 saturated heterocycles. The van der Waals surface area contributed by atoms with Gasteiger partial charge in [-0.25, -0.2) is 19.2 Å². The first kappa shape index (κ1) is 21.5. The molecule has 0 saturated carbocycles. The third kappa shape index (κ3) is 8.81. The lowest BCUT2D eigenvalue weighted by molar-refractivity contribution is -0.175. The van der Waals surface area contributed by atoms with Gasteiger partial charge in [0.2, 0.25) is 12.2 Å². The van der Waals surface area contributed by atoms with Crippen LogP contribution in [0, 0.1) is 0 Å². The molecule has 0 rings (SSSR count). The lowest BCUT2D eigenvalue weighted by Crippen LogP contribution is -2.47. The van der Waals surface area contributed by atoms with E-state index in [-0.39, 0.29) is 13.2 Å². The van der Waals surface area contributed by atoms with E-state index in [0.29, 0.717) is 25.7 Å². The van der Waals surface area contributed by atoms with Gasteiger partial charge in [-0.2, -0.15) is 0 Å². The number of hydrogen-bond donors (Lipinski definition) is 2. The number of ether oxygens (including phenoxy) is 4. The summed E-state index contributed by atoms with van der Waals surface area (Å²) in [5, 5.41) is 17.4. The van der Waals surface area contributed by atoms with E-state index >= 15 is 0 Å². The molecule has 0 aromatic heterocycles. The monoisotopic (exact) mass is 350 g/mol. The summed E-state index contributed by atoms with van der Waals surface area (Å²) in [4.78, 5) is 45.3. The van der Waals surface area contributed by atoms with Crippen molar-refractivity contribution in [2.45, 2.75) is 51.7 Å². The van der Waals surface area contributed by atoms with Crippen molar-refractivity contribution in [3.63, 3.8) is 0 Å². The maximum Gasteiger partial charge on any atom is 0.506 e. The van der Waals surface area contributed by atoms with Crippen LogP contribution < -0.4 is 0 Å². The molecule has 138 valence electrons. The SMILES string of the molecule is CCCCOC(=O)C(OC(=O)O)C(OC(=O)O)C(=O)OCCCC. The minimum absolute atomic E-state index is 0.0422. The van der Waals surface area contributed by atoms with Crippen LogP contribution in [0.4, 0.5) is 9.59 Å². The first-order valence-electron chi connectivity index (χ1n) is 7.45. The minimum Gasteiger partial charge on any atom is -0.463 e. The van der Waals surface area contributed by atoms with Crippen LogP contribution in [-0.2, 0) is 28.5 Å². The van der Waals surface area contributed by atoms with Crippen LogP contribution in [0.15, 0.2) is 0 Å². The normalized spacial score (nSPS) is 12.6. The predicted molar refractivity (Wildman–Crippen MR) is 77.5 cm³/mol. The first-order valence-corrected chi connectivity index (χ1v) is 7.45. The number of hydrogen-bond acceptors (Lipinski definition) is 8. The molecular formula is C14H22O10. The van der Waals surface area contributed by atoms with Gasteiger partial charge in [0.1, 0.15) is 0 Å². The fourth-order valence-electron chi connectivity index (χ4n) is 1.48. The van der Waals surface area contributed by atoms with E-state index in [1.165, 1.54) is 0 Å². The van der Waals surface area contributed by atoms with Gasteiger partial charge in [-0.3, -0.25) is 0 Å². The summed E-state index contributed by atoms with van der Waals surface area (Å²) in [7, 11) is 0. The Morgan fingerprint density at radius 2 is 1.08 bits per heavy atom. The molecule has 10 nitrogen and oxygen atoms in total. The highest BCUT2D eigenvalue weighted by Gasteiger charge is 2.43. The Hall–Kier alpha value is -2.52. The molecule has 2 atom stereocenters. The van der Waals surface area contributed by atoms with Crippen LogP contribution in [-0.4, -0.2) is 59.9 Å². The molecule has 0 aromatic rings. The van der Waals surface area contributed by atoms with E-state index in [0.717, 1.165) is 0 Å². The number of unbranched alkanes of at least 4 members (excludes halogenated alkanes) is 2. The molecular weight excluding hydrogens is 328 g/mol. The highest BCUT2D eigenvalue weighted by atomic mass is 16.7.